The molecule has 1 aromatic heterocycles. The Morgan fingerprint density at radius 3 is 2.78 bits per heavy atom. The van der Waals surface area contributed by atoms with Crippen molar-refractivity contribution >= 4 is 29.5 Å². The first-order valence-electron chi connectivity index (χ1n) is 8.09. The molecular formula is C20H14NO5S-. The number of carbonyl (C=O) groups is 1. The summed E-state index contributed by atoms with van der Waals surface area (Å²) in [6, 6.07) is 12.8. The van der Waals surface area contributed by atoms with Gasteiger partial charge in [0.05, 0.1) is 23.7 Å². The van der Waals surface area contributed by atoms with E-state index in [4.69, 9.17) is 14.2 Å². The summed E-state index contributed by atoms with van der Waals surface area (Å²) in [5, 5.41) is 12.0. The van der Waals surface area contributed by atoms with E-state index in [1.54, 1.807) is 13.2 Å². The molecule has 1 aliphatic heterocycles. The smallest absolute Gasteiger partial charge is 0.231 e. The van der Waals surface area contributed by atoms with Crippen LogP contribution in [0.3, 0.4) is 0 Å². The lowest BCUT2D eigenvalue weighted by Crippen LogP contribution is -2.21. The van der Waals surface area contributed by atoms with E-state index >= 15 is 0 Å². The summed E-state index contributed by atoms with van der Waals surface area (Å²) in [5.74, 6) is 0.517. The lowest BCUT2D eigenvalue weighted by atomic mass is 10.1. The molecule has 0 fully saturated rings. The number of carboxylic acid groups (broad SMARTS) is 1. The summed E-state index contributed by atoms with van der Waals surface area (Å²) in [5.41, 5.74) is 1.96. The number of ether oxygens (including phenoxy) is 3. The maximum atomic E-state index is 11.5. The van der Waals surface area contributed by atoms with Gasteiger partial charge in [0.15, 0.2) is 11.5 Å². The van der Waals surface area contributed by atoms with E-state index in [1.165, 1.54) is 0 Å². The van der Waals surface area contributed by atoms with Crippen molar-refractivity contribution in [3.05, 3.63) is 57.9 Å². The zero-order valence-corrected chi connectivity index (χ0v) is 15.1. The number of nitrogens with zero attached hydrogens (tertiary/aromatic N) is 1. The molecule has 0 saturated heterocycles. The first-order valence-corrected chi connectivity index (χ1v) is 8.90. The molecule has 7 heteroatoms. The Balaban J connectivity index is 1.68. The fourth-order valence-corrected chi connectivity index (χ4v) is 3.58. The summed E-state index contributed by atoms with van der Waals surface area (Å²) in [4.78, 5) is 16.0. The van der Waals surface area contributed by atoms with Gasteiger partial charge in [-0.3, -0.25) is 0 Å². The highest BCUT2D eigenvalue weighted by Crippen LogP contribution is 2.42. The van der Waals surface area contributed by atoms with Gasteiger partial charge in [-0.05, 0) is 23.8 Å². The highest BCUT2D eigenvalue weighted by atomic mass is 32.1. The van der Waals surface area contributed by atoms with Crippen LogP contribution in [0.25, 0.3) is 23.4 Å². The van der Waals surface area contributed by atoms with Gasteiger partial charge in [-0.1, -0.05) is 36.4 Å². The van der Waals surface area contributed by atoms with Gasteiger partial charge < -0.3 is 24.1 Å². The van der Waals surface area contributed by atoms with E-state index in [9.17, 15) is 9.90 Å². The third-order valence-electron chi connectivity index (χ3n) is 3.98. The molecule has 4 rings (SSSR count). The van der Waals surface area contributed by atoms with Crippen LogP contribution >= 0.6 is 11.3 Å². The van der Waals surface area contributed by atoms with Crippen LogP contribution in [-0.4, -0.2) is 24.9 Å². The number of fused-ring (bicyclic) bond motifs is 1. The summed E-state index contributed by atoms with van der Waals surface area (Å²) < 4.78 is 16.1. The molecule has 2 aromatic carbocycles. The zero-order valence-electron chi connectivity index (χ0n) is 14.3. The molecule has 0 N–H and O–H groups in total. The molecule has 0 atom stereocenters. The Morgan fingerprint density at radius 1 is 1.22 bits per heavy atom. The number of aromatic nitrogens is 1. The van der Waals surface area contributed by atoms with E-state index in [-0.39, 0.29) is 11.7 Å². The molecular weight excluding hydrogens is 366 g/mol. The van der Waals surface area contributed by atoms with Crippen molar-refractivity contribution in [1.29, 1.82) is 0 Å². The predicted molar refractivity (Wildman–Crippen MR) is 99.9 cm³/mol. The van der Waals surface area contributed by atoms with Crippen molar-refractivity contribution in [3.63, 3.8) is 0 Å². The molecule has 0 unspecified atom stereocenters. The molecule has 0 bridgehead atoms. The summed E-state index contributed by atoms with van der Waals surface area (Å²) in [6.07, 6.45) is 3.57. The van der Waals surface area contributed by atoms with Crippen molar-refractivity contribution in [2.75, 3.05) is 13.9 Å². The van der Waals surface area contributed by atoms with E-state index in [2.05, 4.69) is 4.98 Å². The van der Waals surface area contributed by atoms with Crippen LogP contribution in [-0.2, 0) is 0 Å². The monoisotopic (exact) mass is 380 g/mol. The minimum absolute atomic E-state index is 0.101. The number of methoxy groups -OCH3 is 1. The molecule has 0 saturated carbocycles. The fraction of sp³-hybridized carbons (Fsp3) is 0.100. The van der Waals surface area contributed by atoms with Crippen LogP contribution in [0.4, 0.5) is 0 Å². The molecule has 2 heterocycles. The number of carbonyl (C=O) groups excluding carboxylic acids is 1. The number of rotatable bonds is 5. The normalized spacial score (nSPS) is 12.5. The standard InChI is InChI=1S/C20H15NO5S/c1-24-14-9-12(10-15-18(14)26-11-25-15)7-8-16-21-17(19(27-16)20(22)23)13-5-3-2-4-6-13/h2-10H,11H2,1H3,(H,22,23)/p-1/b8-7+. The second-order valence-electron chi connectivity index (χ2n) is 5.67. The highest BCUT2D eigenvalue weighted by Gasteiger charge is 2.19. The van der Waals surface area contributed by atoms with Gasteiger partial charge >= 0.3 is 0 Å². The number of hydrogen-bond acceptors (Lipinski definition) is 7. The van der Waals surface area contributed by atoms with Crippen LogP contribution in [0.2, 0.25) is 0 Å². The summed E-state index contributed by atoms with van der Waals surface area (Å²) in [6.45, 7) is 0.154. The van der Waals surface area contributed by atoms with Crippen LogP contribution in [0.5, 0.6) is 17.2 Å². The largest absolute Gasteiger partial charge is 0.544 e. The second kappa shape index (κ2) is 7.13. The number of carboxylic acids is 1. The summed E-state index contributed by atoms with van der Waals surface area (Å²) in [7, 11) is 1.56. The number of aromatic carboxylic acids is 1. The van der Waals surface area contributed by atoms with Gasteiger partial charge in [0, 0.05) is 5.56 Å². The quantitative estimate of drug-likeness (QED) is 0.677. The van der Waals surface area contributed by atoms with E-state index in [0.717, 1.165) is 22.5 Å². The number of thiazole rings is 1. The lowest BCUT2D eigenvalue weighted by Gasteiger charge is -2.05. The van der Waals surface area contributed by atoms with Crippen molar-refractivity contribution < 1.29 is 24.1 Å². The third-order valence-corrected chi connectivity index (χ3v) is 4.98. The van der Waals surface area contributed by atoms with Crippen LogP contribution in [0.1, 0.15) is 20.2 Å². The maximum absolute atomic E-state index is 11.5. The lowest BCUT2D eigenvalue weighted by molar-refractivity contribution is -0.254. The SMILES string of the molecule is COc1cc(/C=C/c2nc(-c3ccccc3)c(C(=O)[O-])s2)cc2c1OCO2. The average Bonchev–Trinajstić information content (AvgIpc) is 3.33. The Labute approximate surface area is 159 Å². The molecule has 0 amide bonds. The Morgan fingerprint density at radius 2 is 2.04 bits per heavy atom. The van der Waals surface area contributed by atoms with Crippen LogP contribution in [0.15, 0.2) is 42.5 Å². The molecule has 0 aliphatic carbocycles. The van der Waals surface area contributed by atoms with Gasteiger partial charge in [0.25, 0.3) is 0 Å². The average molecular weight is 380 g/mol. The number of hydrogen-bond donors (Lipinski definition) is 0. The third kappa shape index (κ3) is 3.37. The minimum atomic E-state index is -1.24. The molecule has 0 spiro atoms. The van der Waals surface area contributed by atoms with E-state index in [1.807, 2.05) is 48.5 Å². The first kappa shape index (κ1) is 17.1. The maximum Gasteiger partial charge on any atom is 0.231 e. The topological polar surface area (TPSA) is 80.7 Å². The number of benzene rings is 2. The summed E-state index contributed by atoms with van der Waals surface area (Å²) >= 11 is 1.07. The fourth-order valence-electron chi connectivity index (χ4n) is 2.75. The Hall–Kier alpha value is -3.32. The Bertz CT molecular complexity index is 1030. The molecule has 1 aliphatic rings. The van der Waals surface area contributed by atoms with Gasteiger partial charge in [0.1, 0.15) is 5.01 Å². The molecule has 3 aromatic rings. The van der Waals surface area contributed by atoms with Crippen LogP contribution in [0, 0.1) is 0 Å². The van der Waals surface area contributed by atoms with Crippen molar-refractivity contribution in [3.8, 4) is 28.5 Å². The second-order valence-corrected chi connectivity index (χ2v) is 6.70. The van der Waals surface area contributed by atoms with Gasteiger partial charge in [-0.15, -0.1) is 11.3 Å². The highest BCUT2D eigenvalue weighted by molar-refractivity contribution is 7.14. The predicted octanol–water partition coefficient (Wildman–Crippen LogP) is 3.08. The molecule has 6 nitrogen and oxygen atoms in total. The zero-order chi connectivity index (χ0) is 18.8. The Kier molecular flexibility index (Phi) is 4.52. The first-order chi connectivity index (χ1) is 13.2. The van der Waals surface area contributed by atoms with E-state index < -0.39 is 5.97 Å². The van der Waals surface area contributed by atoms with Crippen LogP contribution < -0.4 is 19.3 Å². The van der Waals surface area contributed by atoms with Crippen molar-refractivity contribution in [1.82, 2.24) is 4.98 Å². The van der Waals surface area contributed by atoms with Gasteiger partial charge in [-0.2, -0.15) is 0 Å². The van der Waals surface area contributed by atoms with E-state index in [0.29, 0.717) is 28.0 Å². The van der Waals surface area contributed by atoms with Gasteiger partial charge in [-0.25, -0.2) is 4.98 Å². The minimum Gasteiger partial charge on any atom is -0.544 e. The molecule has 27 heavy (non-hydrogen) atoms. The van der Waals surface area contributed by atoms with Crippen molar-refractivity contribution in [2.45, 2.75) is 0 Å². The van der Waals surface area contributed by atoms with Gasteiger partial charge in [0.2, 0.25) is 12.5 Å². The molecule has 0 radical (unpaired) electrons. The van der Waals surface area contributed by atoms with Crippen molar-refractivity contribution in [2.24, 2.45) is 0 Å². The molecule has 136 valence electrons.